The Bertz CT molecular complexity index is 489. The molecule has 1 aliphatic carbocycles. The second kappa shape index (κ2) is 5.84. The van der Waals surface area contributed by atoms with Gasteiger partial charge >= 0.3 is 0 Å². The van der Waals surface area contributed by atoms with Gasteiger partial charge in [-0.1, -0.05) is 48.2 Å². The molecule has 2 N–H and O–H groups in total. The molecule has 1 saturated heterocycles. The first kappa shape index (κ1) is 14.6. The Morgan fingerprint density at radius 1 is 1.25 bits per heavy atom. The quantitative estimate of drug-likeness (QED) is 0.870. The van der Waals surface area contributed by atoms with Crippen molar-refractivity contribution < 1.29 is 5.11 Å². The van der Waals surface area contributed by atoms with Crippen molar-refractivity contribution in [3.8, 4) is 0 Å². The van der Waals surface area contributed by atoms with Gasteiger partial charge < -0.3 is 10.4 Å². The summed E-state index contributed by atoms with van der Waals surface area (Å²) in [7, 11) is 0. The maximum Gasteiger partial charge on any atom is 0.0702 e. The molecule has 0 aromatic heterocycles. The molecule has 1 aromatic carbocycles. The molecule has 3 atom stereocenters. The number of aliphatic hydroxyl groups is 1. The minimum Gasteiger partial charge on any atom is -0.389 e. The van der Waals surface area contributed by atoms with Gasteiger partial charge in [0.15, 0.2) is 0 Å². The SMILES string of the molecule is OC12CCCCC1C(Cc1cccc(Cl)c1Cl)NCC2. The lowest BCUT2D eigenvalue weighted by molar-refractivity contribution is -0.0850. The Balaban J connectivity index is 1.81. The molecule has 0 radical (unpaired) electrons. The van der Waals surface area contributed by atoms with Gasteiger partial charge in [0, 0.05) is 12.0 Å². The smallest absolute Gasteiger partial charge is 0.0702 e. The highest BCUT2D eigenvalue weighted by Gasteiger charge is 2.45. The highest BCUT2D eigenvalue weighted by atomic mass is 35.5. The second-order valence-electron chi connectivity index (χ2n) is 6.18. The molecule has 2 aliphatic rings. The highest BCUT2D eigenvalue weighted by Crippen LogP contribution is 2.41. The molecule has 0 bridgehead atoms. The Morgan fingerprint density at radius 3 is 2.95 bits per heavy atom. The van der Waals surface area contributed by atoms with Gasteiger partial charge in [0.05, 0.1) is 15.6 Å². The highest BCUT2D eigenvalue weighted by molar-refractivity contribution is 6.42. The normalized spacial score (nSPS) is 33.8. The van der Waals surface area contributed by atoms with E-state index in [1.807, 2.05) is 18.2 Å². The van der Waals surface area contributed by atoms with Crippen molar-refractivity contribution >= 4 is 23.2 Å². The summed E-state index contributed by atoms with van der Waals surface area (Å²) in [6, 6.07) is 6.09. The topological polar surface area (TPSA) is 32.3 Å². The third-order valence-corrected chi connectivity index (χ3v) is 5.84. The number of nitrogens with one attached hydrogen (secondary N) is 1. The van der Waals surface area contributed by atoms with E-state index in [1.165, 1.54) is 6.42 Å². The largest absolute Gasteiger partial charge is 0.389 e. The Hall–Kier alpha value is -0.280. The second-order valence-corrected chi connectivity index (χ2v) is 6.97. The number of benzene rings is 1. The van der Waals surface area contributed by atoms with Crippen molar-refractivity contribution in [2.75, 3.05) is 6.54 Å². The number of hydrogen-bond donors (Lipinski definition) is 2. The van der Waals surface area contributed by atoms with Crippen LogP contribution in [0.15, 0.2) is 18.2 Å². The average Bonchev–Trinajstić information content (AvgIpc) is 2.43. The van der Waals surface area contributed by atoms with Gasteiger partial charge in [0.25, 0.3) is 0 Å². The maximum atomic E-state index is 10.9. The zero-order valence-electron chi connectivity index (χ0n) is 11.5. The molecule has 4 heteroatoms. The van der Waals surface area contributed by atoms with E-state index in [0.717, 1.165) is 44.2 Å². The van der Waals surface area contributed by atoms with Crippen LogP contribution in [0.3, 0.4) is 0 Å². The molecule has 1 aromatic rings. The van der Waals surface area contributed by atoms with Crippen LogP contribution < -0.4 is 5.32 Å². The van der Waals surface area contributed by atoms with Crippen LogP contribution in [-0.4, -0.2) is 23.3 Å². The third kappa shape index (κ3) is 2.71. The molecule has 2 fully saturated rings. The van der Waals surface area contributed by atoms with Crippen LogP contribution in [0.2, 0.25) is 10.0 Å². The third-order valence-electron chi connectivity index (χ3n) is 4.99. The van der Waals surface area contributed by atoms with Crippen LogP contribution in [0, 0.1) is 5.92 Å². The Morgan fingerprint density at radius 2 is 2.10 bits per heavy atom. The molecule has 110 valence electrons. The van der Waals surface area contributed by atoms with Crippen molar-refractivity contribution in [3.05, 3.63) is 33.8 Å². The number of hydrogen-bond acceptors (Lipinski definition) is 2. The van der Waals surface area contributed by atoms with E-state index in [2.05, 4.69) is 5.32 Å². The van der Waals surface area contributed by atoms with Crippen LogP contribution in [0.4, 0.5) is 0 Å². The Kier molecular flexibility index (Phi) is 4.28. The molecule has 1 aliphatic heterocycles. The summed E-state index contributed by atoms with van der Waals surface area (Å²) in [6.07, 6.45) is 6.13. The van der Waals surface area contributed by atoms with E-state index in [4.69, 9.17) is 23.2 Å². The number of halogens is 2. The van der Waals surface area contributed by atoms with Gasteiger partial charge in [-0.3, -0.25) is 0 Å². The van der Waals surface area contributed by atoms with Crippen LogP contribution in [-0.2, 0) is 6.42 Å². The fraction of sp³-hybridized carbons (Fsp3) is 0.625. The molecule has 20 heavy (non-hydrogen) atoms. The van der Waals surface area contributed by atoms with Crippen molar-refractivity contribution in [1.29, 1.82) is 0 Å². The fourth-order valence-corrected chi connectivity index (χ4v) is 4.31. The van der Waals surface area contributed by atoms with Crippen LogP contribution >= 0.6 is 23.2 Å². The van der Waals surface area contributed by atoms with Gasteiger partial charge in [-0.05, 0) is 43.9 Å². The first-order chi connectivity index (χ1) is 9.60. The lowest BCUT2D eigenvalue weighted by Crippen LogP contribution is -2.58. The summed E-state index contributed by atoms with van der Waals surface area (Å²) in [5.41, 5.74) is 0.602. The molecule has 3 rings (SSSR count). The predicted molar refractivity (Wildman–Crippen MR) is 83.5 cm³/mol. The van der Waals surface area contributed by atoms with Gasteiger partial charge in [-0.15, -0.1) is 0 Å². The van der Waals surface area contributed by atoms with Crippen LogP contribution in [0.5, 0.6) is 0 Å². The van der Waals surface area contributed by atoms with Crippen LogP contribution in [0.1, 0.15) is 37.7 Å². The van der Waals surface area contributed by atoms with Crippen molar-refractivity contribution in [2.45, 2.75) is 50.2 Å². The summed E-state index contributed by atoms with van der Waals surface area (Å²) in [5.74, 6) is 0.333. The zero-order valence-corrected chi connectivity index (χ0v) is 13.1. The minimum absolute atomic E-state index is 0.296. The number of piperidine rings is 1. The summed E-state index contributed by atoms with van der Waals surface area (Å²) in [4.78, 5) is 0. The van der Waals surface area contributed by atoms with Crippen molar-refractivity contribution in [1.82, 2.24) is 5.32 Å². The van der Waals surface area contributed by atoms with E-state index in [9.17, 15) is 5.11 Å². The van der Waals surface area contributed by atoms with E-state index in [1.54, 1.807) is 0 Å². The number of fused-ring (bicyclic) bond motifs is 1. The van der Waals surface area contributed by atoms with E-state index < -0.39 is 5.60 Å². The van der Waals surface area contributed by atoms with E-state index in [0.29, 0.717) is 22.0 Å². The summed E-state index contributed by atoms with van der Waals surface area (Å²) >= 11 is 12.4. The first-order valence-electron chi connectivity index (χ1n) is 7.49. The van der Waals surface area contributed by atoms with E-state index >= 15 is 0 Å². The average molecular weight is 314 g/mol. The Labute approximate surface area is 130 Å². The summed E-state index contributed by atoms with van der Waals surface area (Å²) in [6.45, 7) is 0.885. The predicted octanol–water partition coefficient (Wildman–Crippen LogP) is 3.82. The zero-order chi connectivity index (χ0) is 14.2. The van der Waals surface area contributed by atoms with Gasteiger partial charge in [0.1, 0.15) is 0 Å². The molecule has 0 spiro atoms. The molecular weight excluding hydrogens is 293 g/mol. The molecule has 1 heterocycles. The monoisotopic (exact) mass is 313 g/mol. The molecule has 0 amide bonds. The maximum absolute atomic E-state index is 10.9. The molecule has 1 saturated carbocycles. The number of rotatable bonds is 2. The minimum atomic E-state index is -0.473. The molecule has 3 unspecified atom stereocenters. The molecular formula is C16H21Cl2NO. The summed E-state index contributed by atoms with van der Waals surface area (Å²) in [5, 5.41) is 15.7. The van der Waals surface area contributed by atoms with Gasteiger partial charge in [-0.25, -0.2) is 0 Å². The lowest BCUT2D eigenvalue weighted by atomic mass is 9.67. The van der Waals surface area contributed by atoms with Crippen molar-refractivity contribution in [2.24, 2.45) is 5.92 Å². The lowest BCUT2D eigenvalue weighted by Gasteiger charge is -2.48. The fourth-order valence-electron chi connectivity index (χ4n) is 3.91. The summed E-state index contributed by atoms with van der Waals surface area (Å²) < 4.78 is 0. The standard InChI is InChI=1S/C16H21Cl2NO/c17-13-6-3-4-11(15(13)18)10-14-12-5-1-2-7-16(12,20)8-9-19-14/h3-4,6,12,14,19-20H,1-2,5,7-10H2. The molecule has 2 nitrogen and oxygen atoms in total. The van der Waals surface area contributed by atoms with Gasteiger partial charge in [-0.2, -0.15) is 0 Å². The van der Waals surface area contributed by atoms with Crippen LogP contribution in [0.25, 0.3) is 0 Å². The van der Waals surface area contributed by atoms with Gasteiger partial charge in [0.2, 0.25) is 0 Å². The van der Waals surface area contributed by atoms with E-state index in [-0.39, 0.29) is 0 Å². The first-order valence-corrected chi connectivity index (χ1v) is 8.24. The van der Waals surface area contributed by atoms with Crippen molar-refractivity contribution in [3.63, 3.8) is 0 Å².